The first-order chi connectivity index (χ1) is 7.45. The van der Waals surface area contributed by atoms with Gasteiger partial charge in [-0.15, -0.1) is 0 Å². The van der Waals surface area contributed by atoms with Gasteiger partial charge in [-0.3, -0.25) is 0 Å². The monoisotopic (exact) mass is 325 g/mol. The molecule has 0 atom stereocenters. The van der Waals surface area contributed by atoms with Crippen molar-refractivity contribution in [2.45, 2.75) is 19.9 Å². The van der Waals surface area contributed by atoms with E-state index >= 15 is 0 Å². The van der Waals surface area contributed by atoms with Gasteiger partial charge in [0.1, 0.15) is 0 Å². The number of nitrogens with zero attached hydrogens (tertiary/aromatic N) is 1. The van der Waals surface area contributed by atoms with E-state index in [4.69, 9.17) is 10.7 Å². The molecule has 0 aliphatic heterocycles. The third kappa shape index (κ3) is 4.05. The van der Waals surface area contributed by atoms with Crippen LogP contribution in [-0.2, 0) is 15.8 Å². The summed E-state index contributed by atoms with van der Waals surface area (Å²) in [6, 6.07) is 7.49. The summed E-state index contributed by atoms with van der Waals surface area (Å²) in [5, 5.41) is 0. The minimum Gasteiger partial charge on any atom is -0.195 e. The van der Waals surface area contributed by atoms with Gasteiger partial charge < -0.3 is 0 Å². The lowest BCUT2D eigenvalue weighted by Crippen LogP contribution is -2.27. The van der Waals surface area contributed by atoms with E-state index in [9.17, 15) is 8.42 Å². The molecule has 0 fully saturated rings. The first kappa shape index (κ1) is 14.0. The van der Waals surface area contributed by atoms with Crippen LogP contribution in [0.3, 0.4) is 0 Å². The number of rotatable bonds is 5. The van der Waals surface area contributed by atoms with Crippen molar-refractivity contribution in [3.63, 3.8) is 0 Å². The largest absolute Gasteiger partial charge is 0.300 e. The van der Waals surface area contributed by atoms with Gasteiger partial charge in [-0.1, -0.05) is 41.1 Å². The van der Waals surface area contributed by atoms with Crippen molar-refractivity contribution >= 4 is 35.8 Å². The SMILES string of the molecule is CCCN(Cc1ccccc1Br)S(=O)(=O)Cl. The fraction of sp³-hybridized carbons (Fsp3) is 0.400. The molecule has 3 nitrogen and oxygen atoms in total. The molecule has 0 radical (unpaired) electrons. The summed E-state index contributed by atoms with van der Waals surface area (Å²) in [7, 11) is 1.71. The molecule has 0 spiro atoms. The highest BCUT2D eigenvalue weighted by molar-refractivity contribution is 9.10. The molecular formula is C10H13BrClNO2S. The Morgan fingerprint density at radius 2 is 2.00 bits per heavy atom. The van der Waals surface area contributed by atoms with Gasteiger partial charge >= 0.3 is 0 Å². The molecule has 0 saturated carbocycles. The highest BCUT2D eigenvalue weighted by atomic mass is 79.9. The number of hydrogen-bond acceptors (Lipinski definition) is 2. The molecule has 0 aliphatic rings. The van der Waals surface area contributed by atoms with Gasteiger partial charge in [-0.2, -0.15) is 12.7 Å². The Labute approximate surface area is 109 Å². The fourth-order valence-electron chi connectivity index (χ4n) is 1.33. The summed E-state index contributed by atoms with van der Waals surface area (Å²) in [6.07, 6.45) is 0.733. The molecule has 1 aromatic rings. The van der Waals surface area contributed by atoms with E-state index in [-0.39, 0.29) is 0 Å². The molecule has 6 heteroatoms. The van der Waals surface area contributed by atoms with Crippen LogP contribution in [0.4, 0.5) is 0 Å². The Hall–Kier alpha value is -0.100. The predicted octanol–water partition coefficient (Wildman–Crippen LogP) is 3.14. The van der Waals surface area contributed by atoms with Crippen LogP contribution in [0.1, 0.15) is 18.9 Å². The molecule has 0 amide bonds. The van der Waals surface area contributed by atoms with Gasteiger partial charge in [0.25, 0.3) is 9.24 Å². The van der Waals surface area contributed by atoms with E-state index in [1.807, 2.05) is 31.2 Å². The van der Waals surface area contributed by atoms with E-state index in [1.54, 1.807) is 0 Å². The zero-order valence-electron chi connectivity index (χ0n) is 8.86. The lowest BCUT2D eigenvalue weighted by atomic mass is 10.2. The highest BCUT2D eigenvalue weighted by Gasteiger charge is 2.19. The molecule has 90 valence electrons. The maximum Gasteiger partial charge on any atom is 0.300 e. The van der Waals surface area contributed by atoms with Gasteiger partial charge in [-0.25, -0.2) is 0 Å². The lowest BCUT2D eigenvalue weighted by Gasteiger charge is -2.18. The van der Waals surface area contributed by atoms with Gasteiger partial charge in [-0.05, 0) is 18.1 Å². The molecule has 0 unspecified atom stereocenters. The summed E-state index contributed by atoms with van der Waals surface area (Å²) in [5.74, 6) is 0. The second-order valence-electron chi connectivity index (χ2n) is 3.37. The molecule has 0 aliphatic carbocycles. The molecule has 16 heavy (non-hydrogen) atoms. The van der Waals surface area contributed by atoms with E-state index in [2.05, 4.69) is 15.9 Å². The van der Waals surface area contributed by atoms with Crippen molar-refractivity contribution in [2.75, 3.05) is 6.54 Å². The van der Waals surface area contributed by atoms with Crippen molar-refractivity contribution in [3.05, 3.63) is 34.3 Å². The zero-order chi connectivity index (χ0) is 12.2. The second-order valence-corrected chi connectivity index (χ2v) is 6.73. The van der Waals surface area contributed by atoms with Crippen LogP contribution < -0.4 is 0 Å². The Bertz CT molecular complexity index is 450. The van der Waals surface area contributed by atoms with Gasteiger partial charge in [0.2, 0.25) is 0 Å². The van der Waals surface area contributed by atoms with Crippen molar-refractivity contribution in [2.24, 2.45) is 0 Å². The number of benzene rings is 1. The summed E-state index contributed by atoms with van der Waals surface area (Å²) >= 11 is 3.38. The summed E-state index contributed by atoms with van der Waals surface area (Å²) in [5.41, 5.74) is 0.903. The predicted molar refractivity (Wildman–Crippen MR) is 69.6 cm³/mol. The Morgan fingerprint density at radius 3 is 2.50 bits per heavy atom. The minimum atomic E-state index is -3.66. The van der Waals surface area contributed by atoms with Crippen LogP contribution in [0.25, 0.3) is 0 Å². The summed E-state index contributed by atoms with van der Waals surface area (Å²) in [4.78, 5) is 0. The molecule has 1 rings (SSSR count). The van der Waals surface area contributed by atoms with Crippen LogP contribution in [0, 0.1) is 0 Å². The highest BCUT2D eigenvalue weighted by Crippen LogP contribution is 2.20. The molecule has 0 bridgehead atoms. The van der Waals surface area contributed by atoms with E-state index in [1.165, 1.54) is 4.31 Å². The quantitative estimate of drug-likeness (QED) is 0.780. The average Bonchev–Trinajstić information content (AvgIpc) is 2.19. The fourth-order valence-corrected chi connectivity index (χ4v) is 2.79. The maximum absolute atomic E-state index is 11.3. The van der Waals surface area contributed by atoms with Crippen molar-refractivity contribution in [3.8, 4) is 0 Å². The Morgan fingerprint density at radius 1 is 1.38 bits per heavy atom. The molecule has 0 aromatic heterocycles. The standard InChI is InChI=1S/C10H13BrClNO2S/c1-2-7-13(16(12,14)15)8-9-5-3-4-6-10(9)11/h3-6H,2,7-8H2,1H3. The third-order valence-corrected chi connectivity index (χ3v) is 4.37. The van der Waals surface area contributed by atoms with Crippen LogP contribution >= 0.6 is 26.6 Å². The molecular weight excluding hydrogens is 314 g/mol. The first-order valence-corrected chi connectivity index (χ1v) is 7.94. The molecule has 0 saturated heterocycles. The lowest BCUT2D eigenvalue weighted by molar-refractivity contribution is 0.415. The first-order valence-electron chi connectivity index (χ1n) is 4.88. The Balaban J connectivity index is 2.89. The van der Waals surface area contributed by atoms with E-state index in [0.29, 0.717) is 13.1 Å². The van der Waals surface area contributed by atoms with Crippen molar-refractivity contribution < 1.29 is 8.42 Å². The molecule has 0 heterocycles. The summed E-state index contributed by atoms with van der Waals surface area (Å²) < 4.78 is 24.8. The van der Waals surface area contributed by atoms with Crippen LogP contribution in [0.2, 0.25) is 0 Å². The Kier molecular flexibility index (Phi) is 5.24. The smallest absolute Gasteiger partial charge is 0.195 e. The van der Waals surface area contributed by atoms with Gasteiger partial charge in [0, 0.05) is 28.2 Å². The van der Waals surface area contributed by atoms with E-state index < -0.39 is 9.24 Å². The molecule has 0 N–H and O–H groups in total. The maximum atomic E-state index is 11.3. The van der Waals surface area contributed by atoms with Crippen molar-refractivity contribution in [1.29, 1.82) is 0 Å². The zero-order valence-corrected chi connectivity index (χ0v) is 12.0. The summed E-state index contributed by atoms with van der Waals surface area (Å²) in [6.45, 7) is 2.63. The van der Waals surface area contributed by atoms with Crippen LogP contribution in [0.15, 0.2) is 28.7 Å². The second kappa shape index (κ2) is 6.00. The minimum absolute atomic E-state index is 0.293. The topological polar surface area (TPSA) is 37.4 Å². The third-order valence-electron chi connectivity index (χ3n) is 2.09. The average molecular weight is 327 g/mol. The van der Waals surface area contributed by atoms with Crippen LogP contribution in [-0.4, -0.2) is 19.3 Å². The number of hydrogen-bond donors (Lipinski definition) is 0. The number of halogens is 2. The van der Waals surface area contributed by atoms with E-state index in [0.717, 1.165) is 16.5 Å². The van der Waals surface area contributed by atoms with Gasteiger partial charge in [0.15, 0.2) is 0 Å². The van der Waals surface area contributed by atoms with Crippen molar-refractivity contribution in [1.82, 2.24) is 4.31 Å². The van der Waals surface area contributed by atoms with Gasteiger partial charge in [0.05, 0.1) is 0 Å². The molecule has 1 aromatic carbocycles. The normalized spacial score (nSPS) is 12.0. The van der Waals surface area contributed by atoms with Crippen LogP contribution in [0.5, 0.6) is 0 Å².